The maximum Gasteiger partial charge on any atom is 0.221 e. The van der Waals surface area contributed by atoms with Crippen molar-refractivity contribution in [1.29, 1.82) is 0 Å². The lowest BCUT2D eigenvalue weighted by molar-refractivity contribution is -0.114. The molecule has 84 valence electrons. The molecule has 3 nitrogen and oxygen atoms in total. The van der Waals surface area contributed by atoms with Gasteiger partial charge in [-0.2, -0.15) is 0 Å². The van der Waals surface area contributed by atoms with Crippen molar-refractivity contribution >= 4 is 11.6 Å². The summed E-state index contributed by atoms with van der Waals surface area (Å²) in [4.78, 5) is 13.5. The molecule has 1 aromatic carbocycles. The van der Waals surface area contributed by atoms with Gasteiger partial charge >= 0.3 is 0 Å². The van der Waals surface area contributed by atoms with Crippen LogP contribution in [0.4, 0.5) is 5.69 Å². The number of anilines is 1. The molecular weight excluding hydrogens is 200 g/mol. The Morgan fingerprint density at radius 1 is 1.31 bits per heavy atom. The van der Waals surface area contributed by atoms with Crippen molar-refractivity contribution in [2.45, 2.75) is 38.9 Å². The Morgan fingerprint density at radius 3 is 2.75 bits per heavy atom. The van der Waals surface area contributed by atoms with Gasteiger partial charge in [0.15, 0.2) is 0 Å². The van der Waals surface area contributed by atoms with Crippen LogP contribution in [0, 0.1) is 0 Å². The largest absolute Gasteiger partial charge is 0.326 e. The van der Waals surface area contributed by atoms with Crippen LogP contribution >= 0.6 is 0 Å². The molecule has 0 atom stereocenters. The Balaban J connectivity index is 1.79. The molecule has 1 amide bonds. The van der Waals surface area contributed by atoms with Gasteiger partial charge in [0.25, 0.3) is 0 Å². The highest BCUT2D eigenvalue weighted by atomic mass is 16.1. The van der Waals surface area contributed by atoms with E-state index in [1.807, 2.05) is 6.07 Å². The van der Waals surface area contributed by atoms with E-state index in [1.165, 1.54) is 24.0 Å². The second-order valence-electron chi connectivity index (χ2n) is 4.80. The number of amides is 1. The van der Waals surface area contributed by atoms with E-state index in [9.17, 15) is 4.79 Å². The maximum absolute atomic E-state index is 11.0. The van der Waals surface area contributed by atoms with E-state index in [0.29, 0.717) is 0 Å². The fraction of sp³-hybridized carbons (Fsp3) is 0.462. The number of nitrogens with zero attached hydrogens (tertiary/aromatic N) is 1. The molecule has 0 unspecified atom stereocenters. The van der Waals surface area contributed by atoms with Crippen molar-refractivity contribution in [2.24, 2.45) is 0 Å². The minimum absolute atomic E-state index is 0.00278. The van der Waals surface area contributed by atoms with Gasteiger partial charge in [-0.25, -0.2) is 0 Å². The van der Waals surface area contributed by atoms with Gasteiger partial charge in [0.2, 0.25) is 5.91 Å². The lowest BCUT2D eigenvalue weighted by Crippen LogP contribution is -2.18. The summed E-state index contributed by atoms with van der Waals surface area (Å²) in [7, 11) is 0. The number of hydrogen-bond acceptors (Lipinski definition) is 2. The van der Waals surface area contributed by atoms with Gasteiger partial charge in [-0.05, 0) is 36.1 Å². The Kier molecular flexibility index (Phi) is 2.21. The lowest BCUT2D eigenvalue weighted by Gasteiger charge is -2.11. The first kappa shape index (κ1) is 9.85. The highest BCUT2D eigenvalue weighted by Crippen LogP contribution is 2.35. The van der Waals surface area contributed by atoms with Gasteiger partial charge in [-0.15, -0.1) is 0 Å². The molecule has 3 heteroatoms. The molecule has 1 heterocycles. The molecule has 0 saturated heterocycles. The number of fused-ring (bicyclic) bond motifs is 1. The summed E-state index contributed by atoms with van der Waals surface area (Å²) in [6, 6.07) is 7.07. The second kappa shape index (κ2) is 3.59. The molecule has 0 bridgehead atoms. The number of carbonyl (C=O) groups is 1. The Morgan fingerprint density at radius 2 is 2.06 bits per heavy atom. The number of rotatable bonds is 2. The maximum atomic E-state index is 11.0. The van der Waals surface area contributed by atoms with Crippen LogP contribution in [-0.2, 0) is 17.9 Å². The van der Waals surface area contributed by atoms with Crippen LogP contribution in [-0.4, -0.2) is 16.8 Å². The smallest absolute Gasteiger partial charge is 0.221 e. The first-order valence-corrected chi connectivity index (χ1v) is 5.86. The molecule has 0 spiro atoms. The van der Waals surface area contributed by atoms with E-state index in [2.05, 4.69) is 22.3 Å². The van der Waals surface area contributed by atoms with Crippen LogP contribution in [0.5, 0.6) is 0 Å². The normalized spacial score (nSPS) is 19.6. The molecule has 16 heavy (non-hydrogen) atoms. The minimum Gasteiger partial charge on any atom is -0.326 e. The van der Waals surface area contributed by atoms with Gasteiger partial charge in [0, 0.05) is 31.7 Å². The third kappa shape index (κ3) is 1.83. The van der Waals surface area contributed by atoms with Crippen molar-refractivity contribution in [2.75, 3.05) is 5.32 Å². The van der Waals surface area contributed by atoms with Crippen molar-refractivity contribution in [3.63, 3.8) is 0 Å². The number of carbonyl (C=O) groups excluding carboxylic acids is 1. The van der Waals surface area contributed by atoms with Gasteiger partial charge in [0.1, 0.15) is 0 Å². The summed E-state index contributed by atoms with van der Waals surface area (Å²) in [5, 5.41) is 2.84. The van der Waals surface area contributed by atoms with E-state index in [-0.39, 0.29) is 5.91 Å². The van der Waals surface area contributed by atoms with E-state index >= 15 is 0 Å². The molecule has 1 fully saturated rings. The molecule has 1 aliphatic heterocycles. The minimum atomic E-state index is -0.00278. The fourth-order valence-corrected chi connectivity index (χ4v) is 2.40. The Hall–Kier alpha value is -1.35. The molecule has 1 aliphatic carbocycles. The highest BCUT2D eigenvalue weighted by Gasteiger charge is 2.32. The van der Waals surface area contributed by atoms with Crippen LogP contribution in [0.15, 0.2) is 18.2 Å². The molecule has 2 aliphatic rings. The predicted molar refractivity (Wildman–Crippen MR) is 63.0 cm³/mol. The summed E-state index contributed by atoms with van der Waals surface area (Å²) in [6.07, 6.45) is 2.71. The van der Waals surface area contributed by atoms with Crippen molar-refractivity contribution in [1.82, 2.24) is 4.90 Å². The monoisotopic (exact) mass is 216 g/mol. The van der Waals surface area contributed by atoms with Crippen molar-refractivity contribution in [3.8, 4) is 0 Å². The van der Waals surface area contributed by atoms with Crippen LogP contribution < -0.4 is 5.32 Å². The summed E-state index contributed by atoms with van der Waals surface area (Å²) in [5.41, 5.74) is 3.71. The Bertz CT molecular complexity index is 438. The lowest BCUT2D eigenvalue weighted by atomic mass is 10.1. The van der Waals surface area contributed by atoms with Crippen LogP contribution in [0.3, 0.4) is 0 Å². The molecule has 0 aromatic heterocycles. The molecule has 3 rings (SSSR count). The quantitative estimate of drug-likeness (QED) is 0.821. The number of benzene rings is 1. The first-order chi connectivity index (χ1) is 7.72. The predicted octanol–water partition coefficient (Wildman–Crippen LogP) is 2.12. The van der Waals surface area contributed by atoms with Gasteiger partial charge in [-0.1, -0.05) is 6.07 Å². The van der Waals surface area contributed by atoms with Crippen molar-refractivity contribution in [3.05, 3.63) is 29.3 Å². The molecular formula is C13H16N2O. The third-order valence-corrected chi connectivity index (χ3v) is 3.34. The average molecular weight is 216 g/mol. The summed E-state index contributed by atoms with van der Waals surface area (Å²) >= 11 is 0. The van der Waals surface area contributed by atoms with Crippen LogP contribution in [0.25, 0.3) is 0 Å². The highest BCUT2D eigenvalue weighted by molar-refractivity contribution is 5.88. The SMILES string of the molecule is CC(=O)Nc1ccc2c(c1)CN(C1CC1)C2. The standard InChI is InChI=1S/C13H16N2O/c1-9(16)14-12-3-2-10-7-15(13-4-5-13)8-11(10)6-12/h2-3,6,13H,4-5,7-8H2,1H3,(H,14,16). The topological polar surface area (TPSA) is 32.3 Å². The van der Waals surface area contributed by atoms with Crippen molar-refractivity contribution < 1.29 is 4.79 Å². The van der Waals surface area contributed by atoms with E-state index in [1.54, 1.807) is 6.92 Å². The molecule has 1 N–H and O–H groups in total. The van der Waals surface area contributed by atoms with Gasteiger partial charge in [0.05, 0.1) is 0 Å². The zero-order chi connectivity index (χ0) is 11.1. The second-order valence-corrected chi connectivity index (χ2v) is 4.80. The zero-order valence-corrected chi connectivity index (χ0v) is 9.49. The van der Waals surface area contributed by atoms with Crippen LogP contribution in [0.2, 0.25) is 0 Å². The molecule has 1 aromatic rings. The van der Waals surface area contributed by atoms with E-state index in [0.717, 1.165) is 24.8 Å². The first-order valence-electron chi connectivity index (χ1n) is 5.86. The fourth-order valence-electron chi connectivity index (χ4n) is 2.40. The summed E-state index contributed by atoms with van der Waals surface area (Å²) in [6.45, 7) is 3.68. The van der Waals surface area contributed by atoms with Gasteiger partial charge in [-0.3, -0.25) is 9.69 Å². The van der Waals surface area contributed by atoms with E-state index in [4.69, 9.17) is 0 Å². The van der Waals surface area contributed by atoms with Crippen LogP contribution in [0.1, 0.15) is 30.9 Å². The average Bonchev–Trinajstić information content (AvgIpc) is 2.98. The summed E-state index contributed by atoms with van der Waals surface area (Å²) < 4.78 is 0. The van der Waals surface area contributed by atoms with E-state index < -0.39 is 0 Å². The summed E-state index contributed by atoms with van der Waals surface area (Å²) in [5.74, 6) is -0.00278. The number of nitrogens with one attached hydrogen (secondary N) is 1. The molecule has 0 radical (unpaired) electrons. The molecule has 1 saturated carbocycles. The number of hydrogen-bond donors (Lipinski definition) is 1. The Labute approximate surface area is 95.4 Å². The van der Waals surface area contributed by atoms with Gasteiger partial charge < -0.3 is 5.32 Å². The third-order valence-electron chi connectivity index (χ3n) is 3.34. The zero-order valence-electron chi connectivity index (χ0n) is 9.49.